The molecule has 0 fully saturated rings. The fourth-order valence-electron chi connectivity index (χ4n) is 4.25. The van der Waals surface area contributed by atoms with Gasteiger partial charge in [-0.2, -0.15) is 0 Å². The number of hydrogen-bond donors (Lipinski definition) is 0. The van der Waals surface area contributed by atoms with E-state index in [1.807, 2.05) is 48.5 Å². The summed E-state index contributed by atoms with van der Waals surface area (Å²) in [5.41, 5.74) is 3.39. The Hall–Kier alpha value is -3.97. The lowest BCUT2D eigenvalue weighted by Gasteiger charge is -2.29. The maximum absolute atomic E-state index is 13.0. The van der Waals surface area contributed by atoms with Crippen LogP contribution in [0.15, 0.2) is 60.4 Å². The van der Waals surface area contributed by atoms with E-state index in [0.29, 0.717) is 36.9 Å². The van der Waals surface area contributed by atoms with Crippen molar-refractivity contribution >= 4 is 11.9 Å². The number of carbonyl (C=O) groups excluding carboxylic acids is 1. The molecule has 0 N–H and O–H groups in total. The van der Waals surface area contributed by atoms with E-state index in [1.54, 1.807) is 19.3 Å². The highest BCUT2D eigenvalue weighted by Crippen LogP contribution is 2.42. The lowest BCUT2D eigenvalue weighted by molar-refractivity contribution is 0.0872. The van der Waals surface area contributed by atoms with Crippen molar-refractivity contribution in [1.82, 2.24) is 4.90 Å². The quantitative estimate of drug-likeness (QED) is 0.554. The molecule has 0 saturated heterocycles. The van der Waals surface area contributed by atoms with E-state index in [1.165, 1.54) is 0 Å². The number of nitrogens with zero attached hydrogens (tertiary/aromatic N) is 1. The molecule has 0 bridgehead atoms. The minimum Gasteiger partial charge on any atom is -0.497 e. The molecule has 0 unspecified atom stereocenters. The molecule has 0 saturated carbocycles. The molecule has 0 amide bonds. The van der Waals surface area contributed by atoms with Gasteiger partial charge in [0.1, 0.15) is 24.0 Å². The van der Waals surface area contributed by atoms with E-state index in [4.69, 9.17) is 23.7 Å². The predicted octanol–water partition coefficient (Wildman–Crippen LogP) is 4.39. The molecule has 0 spiro atoms. The monoisotopic (exact) mass is 443 g/mol. The van der Waals surface area contributed by atoms with Crippen molar-refractivity contribution in [2.24, 2.45) is 0 Å². The number of hydrogen-bond acceptors (Lipinski definition) is 7. The van der Waals surface area contributed by atoms with Crippen LogP contribution in [-0.2, 0) is 13.1 Å². The van der Waals surface area contributed by atoms with Gasteiger partial charge in [0.05, 0.1) is 18.2 Å². The van der Waals surface area contributed by atoms with Gasteiger partial charge in [0.25, 0.3) is 0 Å². The number of rotatable bonds is 4. The molecule has 3 aromatic carbocycles. The molecular weight excluding hydrogens is 422 g/mol. The van der Waals surface area contributed by atoms with Gasteiger partial charge < -0.3 is 23.7 Å². The van der Waals surface area contributed by atoms with Crippen molar-refractivity contribution < 1.29 is 28.5 Å². The fourth-order valence-corrected chi connectivity index (χ4v) is 4.25. The second-order valence-electron chi connectivity index (χ2n) is 8.08. The van der Waals surface area contributed by atoms with Crippen LogP contribution in [0.1, 0.15) is 27.0 Å². The number of Topliss-reactive ketones (excluding diaryl/α,β-unsaturated/α-hetero) is 1. The van der Waals surface area contributed by atoms with Crippen LogP contribution in [0.2, 0.25) is 0 Å². The molecule has 3 aromatic rings. The van der Waals surface area contributed by atoms with E-state index >= 15 is 0 Å². The third kappa shape index (κ3) is 3.56. The molecule has 7 nitrogen and oxygen atoms in total. The van der Waals surface area contributed by atoms with Crippen LogP contribution in [0.5, 0.6) is 28.7 Å². The third-order valence-electron chi connectivity index (χ3n) is 5.94. The molecule has 0 aromatic heterocycles. The number of ether oxygens (including phenoxy) is 5. The highest BCUT2D eigenvalue weighted by atomic mass is 16.7. The van der Waals surface area contributed by atoms with Gasteiger partial charge in [-0.25, -0.2) is 0 Å². The molecule has 33 heavy (non-hydrogen) atoms. The Morgan fingerprint density at radius 2 is 1.79 bits per heavy atom. The van der Waals surface area contributed by atoms with Gasteiger partial charge in [-0.1, -0.05) is 18.2 Å². The van der Waals surface area contributed by atoms with Crippen LogP contribution >= 0.6 is 0 Å². The molecule has 3 heterocycles. The largest absolute Gasteiger partial charge is 0.497 e. The average Bonchev–Trinajstić information content (AvgIpc) is 3.44. The topological polar surface area (TPSA) is 66.5 Å². The second kappa shape index (κ2) is 7.86. The molecule has 0 aliphatic carbocycles. The normalized spacial score (nSPS) is 17.4. The van der Waals surface area contributed by atoms with E-state index in [9.17, 15) is 4.79 Å². The predicted molar refractivity (Wildman–Crippen MR) is 120 cm³/mol. The van der Waals surface area contributed by atoms with Crippen molar-refractivity contribution in [2.75, 3.05) is 20.6 Å². The van der Waals surface area contributed by atoms with Crippen molar-refractivity contribution in [3.05, 3.63) is 82.6 Å². The Balaban J connectivity index is 1.24. The van der Waals surface area contributed by atoms with Gasteiger partial charge >= 0.3 is 0 Å². The van der Waals surface area contributed by atoms with Gasteiger partial charge in [-0.15, -0.1) is 0 Å². The number of fused-ring (bicyclic) bond motifs is 4. The number of carbonyl (C=O) groups is 1. The van der Waals surface area contributed by atoms with Gasteiger partial charge in [0.15, 0.2) is 17.3 Å². The first kappa shape index (κ1) is 19.7. The van der Waals surface area contributed by atoms with Gasteiger partial charge in [0.2, 0.25) is 12.6 Å². The minimum atomic E-state index is -0.128. The first-order chi connectivity index (χ1) is 16.2. The zero-order valence-electron chi connectivity index (χ0n) is 18.0. The first-order valence-electron chi connectivity index (χ1n) is 10.7. The summed E-state index contributed by atoms with van der Waals surface area (Å²) < 4.78 is 28.1. The minimum absolute atomic E-state index is 0.128. The Bertz CT molecular complexity index is 1280. The SMILES string of the molecule is COc1ccc(/C=C2\Oc3c(ccc4c3CN(Cc3ccc5c(c3)OCO5)CO4)C2=O)cc1. The summed E-state index contributed by atoms with van der Waals surface area (Å²) in [6.07, 6.45) is 1.75. The molecule has 6 rings (SSSR count). The van der Waals surface area contributed by atoms with Crippen molar-refractivity contribution in [2.45, 2.75) is 13.1 Å². The smallest absolute Gasteiger partial charge is 0.231 e. The van der Waals surface area contributed by atoms with Gasteiger partial charge in [0, 0.05) is 13.1 Å². The average molecular weight is 443 g/mol. The maximum Gasteiger partial charge on any atom is 0.231 e. The van der Waals surface area contributed by atoms with E-state index in [2.05, 4.69) is 4.90 Å². The highest BCUT2D eigenvalue weighted by molar-refractivity contribution is 6.15. The number of ketones is 1. The van der Waals surface area contributed by atoms with E-state index in [-0.39, 0.29) is 12.6 Å². The number of methoxy groups -OCH3 is 1. The summed E-state index contributed by atoms with van der Waals surface area (Å²) in [6, 6.07) is 17.0. The molecule has 166 valence electrons. The molecule has 3 aliphatic rings. The van der Waals surface area contributed by atoms with Crippen molar-refractivity contribution in [3.63, 3.8) is 0 Å². The summed E-state index contributed by atoms with van der Waals surface area (Å²) in [5.74, 6) is 3.77. The third-order valence-corrected chi connectivity index (χ3v) is 5.94. The van der Waals surface area contributed by atoms with Gasteiger partial charge in [-0.3, -0.25) is 9.69 Å². The van der Waals surface area contributed by atoms with Crippen LogP contribution in [0.3, 0.4) is 0 Å². The molecule has 7 heteroatoms. The van der Waals surface area contributed by atoms with Crippen LogP contribution in [0.4, 0.5) is 0 Å². The molecule has 0 radical (unpaired) electrons. The second-order valence-corrected chi connectivity index (χ2v) is 8.08. The number of benzene rings is 3. The zero-order chi connectivity index (χ0) is 22.4. The number of allylic oxidation sites excluding steroid dienone is 1. The zero-order valence-corrected chi connectivity index (χ0v) is 18.0. The summed E-state index contributed by atoms with van der Waals surface area (Å²) in [4.78, 5) is 15.1. The summed E-state index contributed by atoms with van der Waals surface area (Å²) in [6.45, 7) is 1.98. The lowest BCUT2D eigenvalue weighted by Crippen LogP contribution is -2.31. The maximum atomic E-state index is 13.0. The van der Waals surface area contributed by atoms with Crippen LogP contribution in [-0.4, -0.2) is 31.3 Å². The van der Waals surface area contributed by atoms with Crippen molar-refractivity contribution in [1.29, 1.82) is 0 Å². The van der Waals surface area contributed by atoms with Crippen LogP contribution in [0.25, 0.3) is 6.08 Å². The highest BCUT2D eigenvalue weighted by Gasteiger charge is 2.33. The standard InChI is InChI=1S/C26H21NO6/c1-29-18-5-2-16(3-6-18)10-24-25(28)19-7-9-21-20(26(19)33-24)13-27(14-30-21)12-17-4-8-22-23(11-17)32-15-31-22/h2-11H,12-15H2,1H3/b24-10-. The summed E-state index contributed by atoms with van der Waals surface area (Å²) in [5, 5.41) is 0. The Labute approximate surface area is 190 Å². The Morgan fingerprint density at radius 3 is 2.64 bits per heavy atom. The van der Waals surface area contributed by atoms with Gasteiger partial charge in [-0.05, 0) is 53.6 Å². The summed E-state index contributed by atoms with van der Waals surface area (Å²) in [7, 11) is 1.62. The summed E-state index contributed by atoms with van der Waals surface area (Å²) >= 11 is 0. The fraction of sp³-hybridized carbons (Fsp3) is 0.192. The van der Waals surface area contributed by atoms with Crippen molar-refractivity contribution in [3.8, 4) is 28.7 Å². The van der Waals surface area contributed by atoms with Crippen LogP contribution < -0.4 is 23.7 Å². The Kier molecular flexibility index (Phi) is 4.69. The molecular formula is C26H21NO6. The molecule has 0 atom stereocenters. The lowest BCUT2D eigenvalue weighted by atomic mass is 10.0. The van der Waals surface area contributed by atoms with E-state index < -0.39 is 0 Å². The van der Waals surface area contributed by atoms with Crippen LogP contribution in [0, 0.1) is 0 Å². The first-order valence-corrected chi connectivity index (χ1v) is 10.7. The van der Waals surface area contributed by atoms with E-state index in [0.717, 1.165) is 39.7 Å². The molecule has 3 aliphatic heterocycles. The Morgan fingerprint density at radius 1 is 0.970 bits per heavy atom.